The molecular weight excluding hydrogens is 352 g/mol. The Labute approximate surface area is 173 Å². The molecule has 1 rings (SSSR count). The maximum Gasteiger partial charge on any atom is 0.308 e. The predicted molar refractivity (Wildman–Crippen MR) is 114 cm³/mol. The van der Waals surface area contributed by atoms with Gasteiger partial charge < -0.3 is 9.47 Å². The molecule has 164 valence electrons. The first-order chi connectivity index (χ1) is 13.5. The molecule has 1 fully saturated rings. The van der Waals surface area contributed by atoms with Gasteiger partial charge in [0.1, 0.15) is 0 Å². The van der Waals surface area contributed by atoms with Crippen molar-refractivity contribution in [1.82, 2.24) is 0 Å². The summed E-state index contributed by atoms with van der Waals surface area (Å²) in [6.07, 6.45) is 12.3. The van der Waals surface area contributed by atoms with E-state index in [2.05, 4.69) is 27.7 Å². The molecule has 2 atom stereocenters. The van der Waals surface area contributed by atoms with Crippen molar-refractivity contribution in [1.29, 1.82) is 0 Å². The van der Waals surface area contributed by atoms with E-state index in [0.29, 0.717) is 25.0 Å². The van der Waals surface area contributed by atoms with Crippen molar-refractivity contribution in [2.45, 2.75) is 105 Å². The molecule has 4 nitrogen and oxygen atoms in total. The van der Waals surface area contributed by atoms with Crippen LogP contribution in [0, 0.1) is 23.7 Å². The van der Waals surface area contributed by atoms with E-state index in [4.69, 9.17) is 9.47 Å². The van der Waals surface area contributed by atoms with Crippen molar-refractivity contribution in [2.24, 2.45) is 23.7 Å². The minimum Gasteiger partial charge on any atom is -0.465 e. The fourth-order valence-corrected chi connectivity index (χ4v) is 4.08. The van der Waals surface area contributed by atoms with E-state index >= 15 is 0 Å². The molecule has 1 aliphatic rings. The SMILES string of the molecule is CCCC[C@@H](CC)C(=O)OCC1CCC(COC(=O)[C@@H](CC)CCCC)CC1. The van der Waals surface area contributed by atoms with Gasteiger partial charge in [0.15, 0.2) is 0 Å². The Hall–Kier alpha value is -1.06. The van der Waals surface area contributed by atoms with Crippen LogP contribution in [0.3, 0.4) is 0 Å². The van der Waals surface area contributed by atoms with Gasteiger partial charge in [0, 0.05) is 0 Å². The van der Waals surface area contributed by atoms with Gasteiger partial charge in [-0.25, -0.2) is 0 Å². The van der Waals surface area contributed by atoms with Gasteiger partial charge in [0.2, 0.25) is 0 Å². The second kappa shape index (κ2) is 14.9. The largest absolute Gasteiger partial charge is 0.465 e. The zero-order chi connectivity index (χ0) is 20.8. The molecular formula is C24H44O4. The van der Waals surface area contributed by atoms with Crippen LogP contribution in [0.2, 0.25) is 0 Å². The summed E-state index contributed by atoms with van der Waals surface area (Å²) in [6.45, 7) is 9.56. The number of ether oxygens (including phenoxy) is 2. The van der Waals surface area contributed by atoms with Crippen LogP contribution in [-0.2, 0) is 19.1 Å². The van der Waals surface area contributed by atoms with E-state index in [1.807, 2.05) is 0 Å². The maximum atomic E-state index is 12.3. The summed E-state index contributed by atoms with van der Waals surface area (Å²) >= 11 is 0. The summed E-state index contributed by atoms with van der Waals surface area (Å²) < 4.78 is 11.2. The molecule has 1 saturated carbocycles. The number of carbonyl (C=O) groups is 2. The van der Waals surface area contributed by atoms with E-state index in [0.717, 1.165) is 77.0 Å². The fraction of sp³-hybridized carbons (Fsp3) is 0.917. The first kappa shape index (κ1) is 25.0. The molecule has 0 amide bonds. The molecule has 28 heavy (non-hydrogen) atoms. The fourth-order valence-electron chi connectivity index (χ4n) is 4.08. The number of hydrogen-bond donors (Lipinski definition) is 0. The molecule has 4 heteroatoms. The molecule has 0 heterocycles. The molecule has 0 aliphatic heterocycles. The van der Waals surface area contributed by atoms with Gasteiger partial charge in [-0.1, -0.05) is 53.4 Å². The first-order valence-electron chi connectivity index (χ1n) is 11.9. The molecule has 0 radical (unpaired) electrons. The lowest BCUT2D eigenvalue weighted by atomic mass is 9.83. The predicted octanol–water partition coefficient (Wildman–Crippen LogP) is 6.31. The lowest BCUT2D eigenvalue weighted by Gasteiger charge is -2.28. The number of hydrogen-bond acceptors (Lipinski definition) is 4. The maximum absolute atomic E-state index is 12.3. The minimum atomic E-state index is -0.00955. The highest BCUT2D eigenvalue weighted by molar-refractivity contribution is 5.72. The zero-order valence-electron chi connectivity index (χ0n) is 18.8. The van der Waals surface area contributed by atoms with E-state index in [9.17, 15) is 9.59 Å². The van der Waals surface area contributed by atoms with E-state index in [1.54, 1.807) is 0 Å². The second-order valence-corrected chi connectivity index (χ2v) is 8.64. The third-order valence-electron chi connectivity index (χ3n) is 6.35. The van der Waals surface area contributed by atoms with Crippen LogP contribution in [0.25, 0.3) is 0 Å². The van der Waals surface area contributed by atoms with Crippen molar-refractivity contribution >= 4 is 11.9 Å². The average molecular weight is 397 g/mol. The van der Waals surface area contributed by atoms with Crippen molar-refractivity contribution in [3.8, 4) is 0 Å². The van der Waals surface area contributed by atoms with Gasteiger partial charge in [-0.3, -0.25) is 9.59 Å². The van der Waals surface area contributed by atoms with E-state index in [1.165, 1.54) is 0 Å². The Morgan fingerprint density at radius 2 is 1.07 bits per heavy atom. The van der Waals surface area contributed by atoms with Gasteiger partial charge in [0.05, 0.1) is 25.0 Å². The molecule has 0 saturated heterocycles. The molecule has 0 unspecified atom stereocenters. The zero-order valence-corrected chi connectivity index (χ0v) is 18.8. The van der Waals surface area contributed by atoms with Crippen LogP contribution in [0.15, 0.2) is 0 Å². The molecule has 0 aromatic carbocycles. The lowest BCUT2D eigenvalue weighted by molar-refractivity contribution is -0.153. The highest BCUT2D eigenvalue weighted by atomic mass is 16.5. The molecule has 0 bridgehead atoms. The van der Waals surface area contributed by atoms with Gasteiger partial charge in [0.25, 0.3) is 0 Å². The third kappa shape index (κ3) is 9.43. The summed E-state index contributed by atoms with van der Waals surface area (Å²) in [4.78, 5) is 24.5. The Balaban J connectivity index is 2.24. The number of unbranched alkanes of at least 4 members (excludes halogenated alkanes) is 2. The van der Waals surface area contributed by atoms with Gasteiger partial charge in [-0.05, 0) is 63.2 Å². The quantitative estimate of drug-likeness (QED) is 0.323. The minimum absolute atomic E-state index is 0.00955. The van der Waals surface area contributed by atoms with Crippen LogP contribution < -0.4 is 0 Å². The van der Waals surface area contributed by atoms with Crippen LogP contribution >= 0.6 is 0 Å². The van der Waals surface area contributed by atoms with Crippen LogP contribution in [0.4, 0.5) is 0 Å². The number of rotatable bonds is 14. The van der Waals surface area contributed by atoms with E-state index < -0.39 is 0 Å². The Kier molecular flexibility index (Phi) is 13.3. The van der Waals surface area contributed by atoms with Crippen molar-refractivity contribution in [3.05, 3.63) is 0 Å². The van der Waals surface area contributed by atoms with Gasteiger partial charge in [-0.2, -0.15) is 0 Å². The monoisotopic (exact) mass is 396 g/mol. The normalized spacial score (nSPS) is 21.7. The highest BCUT2D eigenvalue weighted by Crippen LogP contribution is 2.30. The number of carbonyl (C=O) groups excluding carboxylic acids is 2. The number of esters is 2. The van der Waals surface area contributed by atoms with Crippen molar-refractivity contribution in [3.63, 3.8) is 0 Å². The second-order valence-electron chi connectivity index (χ2n) is 8.64. The molecule has 0 N–H and O–H groups in total. The lowest BCUT2D eigenvalue weighted by Crippen LogP contribution is -2.26. The smallest absolute Gasteiger partial charge is 0.308 e. The first-order valence-corrected chi connectivity index (χ1v) is 11.9. The van der Waals surface area contributed by atoms with Crippen LogP contribution in [0.1, 0.15) is 105 Å². The summed E-state index contributed by atoms with van der Waals surface area (Å²) in [6, 6.07) is 0. The van der Waals surface area contributed by atoms with Gasteiger partial charge >= 0.3 is 11.9 Å². The summed E-state index contributed by atoms with van der Waals surface area (Å²) in [5.41, 5.74) is 0. The Morgan fingerprint density at radius 3 is 1.36 bits per heavy atom. The molecule has 0 aromatic heterocycles. The summed E-state index contributed by atoms with van der Waals surface area (Å²) in [5.74, 6) is 1.04. The Morgan fingerprint density at radius 1 is 0.714 bits per heavy atom. The Bertz CT molecular complexity index is 386. The van der Waals surface area contributed by atoms with Crippen LogP contribution in [0.5, 0.6) is 0 Å². The average Bonchev–Trinajstić information content (AvgIpc) is 2.72. The highest BCUT2D eigenvalue weighted by Gasteiger charge is 2.26. The summed E-state index contributed by atoms with van der Waals surface area (Å²) in [5, 5.41) is 0. The van der Waals surface area contributed by atoms with E-state index in [-0.39, 0.29) is 23.8 Å². The van der Waals surface area contributed by atoms with Crippen molar-refractivity contribution in [2.75, 3.05) is 13.2 Å². The topological polar surface area (TPSA) is 52.6 Å². The standard InChI is InChI=1S/C24H44O4/c1-5-9-11-21(7-3)23(25)27-17-19-13-15-20(16-14-19)18-28-24(26)22(8-4)12-10-6-2/h19-22H,5-18H2,1-4H3/t19?,20?,21-,22+. The molecule has 0 spiro atoms. The third-order valence-corrected chi connectivity index (χ3v) is 6.35. The van der Waals surface area contributed by atoms with Crippen molar-refractivity contribution < 1.29 is 19.1 Å². The van der Waals surface area contributed by atoms with Gasteiger partial charge in [-0.15, -0.1) is 0 Å². The van der Waals surface area contributed by atoms with Crippen LogP contribution in [-0.4, -0.2) is 25.2 Å². The summed E-state index contributed by atoms with van der Waals surface area (Å²) in [7, 11) is 0. The molecule has 1 aliphatic carbocycles. The molecule has 0 aromatic rings.